The largest absolute Gasteiger partial charge is 0.392 e. The lowest BCUT2D eigenvalue weighted by molar-refractivity contribution is 0.310. The molecule has 2 N–H and O–H groups in total. The molecule has 0 aliphatic heterocycles. The van der Waals surface area contributed by atoms with Crippen molar-refractivity contribution in [2.45, 2.75) is 6.92 Å². The van der Waals surface area contributed by atoms with E-state index in [9.17, 15) is 10.2 Å². The Bertz CT molecular complexity index is 1090. The maximum atomic E-state index is 10.4. The normalized spacial score (nSPS) is 16.6. The fourth-order valence-electron chi connectivity index (χ4n) is 4.01. The first kappa shape index (κ1) is 19.1. The maximum absolute atomic E-state index is 10.4. The zero-order chi connectivity index (χ0) is 20.2. The third-order valence-corrected chi connectivity index (χ3v) is 5.43. The highest BCUT2D eigenvalue weighted by Gasteiger charge is 2.26. The van der Waals surface area contributed by atoms with Crippen LogP contribution in [0.4, 0.5) is 0 Å². The molecule has 2 nitrogen and oxygen atoms in total. The number of hydrogen-bond donors (Lipinski definition) is 2. The summed E-state index contributed by atoms with van der Waals surface area (Å²) in [4.78, 5) is 0. The van der Waals surface area contributed by atoms with Crippen LogP contribution in [0.1, 0.15) is 18.1 Å². The van der Waals surface area contributed by atoms with Gasteiger partial charge in [-0.1, -0.05) is 91.0 Å². The molecule has 144 valence electrons. The van der Waals surface area contributed by atoms with Crippen molar-refractivity contribution in [3.8, 4) is 0 Å². The molecule has 2 heteroatoms. The number of rotatable bonds is 4. The van der Waals surface area contributed by atoms with Crippen molar-refractivity contribution >= 4 is 11.1 Å². The standard InChI is InChI=1S/C27H24O2/c1-19-15-16-22(17-28)25(18-29)27-24(21-11-6-3-7-12-21)14-8-13-23(26(19)27)20-9-4-2-5-10-20/h2-16,28-29H,17-18H2,1H3. The second-order valence-electron chi connectivity index (χ2n) is 7.17. The van der Waals surface area contributed by atoms with E-state index in [4.69, 9.17) is 0 Å². The molecule has 0 saturated carbocycles. The fraction of sp³-hybridized carbons (Fsp3) is 0.111. The predicted octanol–water partition coefficient (Wildman–Crippen LogP) is 5.26. The highest BCUT2D eigenvalue weighted by Crippen LogP contribution is 2.43. The van der Waals surface area contributed by atoms with Gasteiger partial charge in [-0.2, -0.15) is 0 Å². The van der Waals surface area contributed by atoms with Crippen LogP contribution >= 0.6 is 0 Å². The van der Waals surface area contributed by atoms with Crippen LogP contribution in [0.25, 0.3) is 11.1 Å². The van der Waals surface area contributed by atoms with Crippen molar-refractivity contribution in [2.24, 2.45) is 0 Å². The monoisotopic (exact) mass is 380 g/mol. The summed E-state index contributed by atoms with van der Waals surface area (Å²) in [5, 5.41) is 20.4. The van der Waals surface area contributed by atoms with Crippen molar-refractivity contribution in [2.75, 3.05) is 13.2 Å². The topological polar surface area (TPSA) is 40.5 Å². The molecule has 0 radical (unpaired) electrons. The first-order valence-electron chi connectivity index (χ1n) is 9.82. The second kappa shape index (κ2) is 8.44. The molecule has 4 rings (SSSR count). The van der Waals surface area contributed by atoms with Crippen LogP contribution in [0, 0.1) is 0 Å². The van der Waals surface area contributed by atoms with Gasteiger partial charge in [0, 0.05) is 0 Å². The zero-order valence-electron chi connectivity index (χ0n) is 16.5. The van der Waals surface area contributed by atoms with E-state index in [1.807, 2.05) is 48.6 Å². The van der Waals surface area contributed by atoms with E-state index in [-0.39, 0.29) is 13.2 Å². The summed E-state index contributed by atoms with van der Waals surface area (Å²) in [7, 11) is 0. The summed E-state index contributed by atoms with van der Waals surface area (Å²) in [6.07, 6.45) is 10.3. The predicted molar refractivity (Wildman–Crippen MR) is 120 cm³/mol. The Labute approximate surface area is 171 Å². The average molecular weight is 380 g/mol. The molecular formula is C27H24O2. The van der Waals surface area contributed by atoms with E-state index in [0.29, 0.717) is 0 Å². The highest BCUT2D eigenvalue weighted by molar-refractivity contribution is 5.97. The van der Waals surface area contributed by atoms with Gasteiger partial charge in [-0.15, -0.1) is 0 Å². The molecule has 0 bridgehead atoms. The van der Waals surface area contributed by atoms with Crippen LogP contribution in [-0.4, -0.2) is 23.4 Å². The average Bonchev–Trinajstić information content (AvgIpc) is 3.05. The summed E-state index contributed by atoms with van der Waals surface area (Å²) in [5.41, 5.74) is 9.03. The van der Waals surface area contributed by atoms with E-state index in [0.717, 1.165) is 50.1 Å². The number of aliphatic hydroxyl groups is 2. The van der Waals surface area contributed by atoms with Gasteiger partial charge in [0.25, 0.3) is 0 Å². The minimum atomic E-state index is -0.140. The molecule has 0 heterocycles. The van der Waals surface area contributed by atoms with Gasteiger partial charge in [0.1, 0.15) is 0 Å². The van der Waals surface area contributed by atoms with Crippen LogP contribution in [0.2, 0.25) is 0 Å². The lowest BCUT2D eigenvalue weighted by Crippen LogP contribution is -2.08. The molecule has 0 fully saturated rings. The Hall–Kier alpha value is -3.20. The van der Waals surface area contributed by atoms with Crippen molar-refractivity contribution < 1.29 is 10.2 Å². The van der Waals surface area contributed by atoms with Crippen molar-refractivity contribution in [3.63, 3.8) is 0 Å². The summed E-state index contributed by atoms with van der Waals surface area (Å²) in [6.45, 7) is 1.83. The molecule has 0 spiro atoms. The molecule has 2 aliphatic rings. The van der Waals surface area contributed by atoms with E-state index >= 15 is 0 Å². The Balaban J connectivity index is 2.09. The summed E-state index contributed by atoms with van der Waals surface area (Å²) < 4.78 is 0. The Morgan fingerprint density at radius 3 is 1.97 bits per heavy atom. The minimum absolute atomic E-state index is 0.118. The molecule has 2 aliphatic carbocycles. The molecular weight excluding hydrogens is 356 g/mol. The maximum Gasteiger partial charge on any atom is 0.0691 e. The van der Waals surface area contributed by atoms with E-state index < -0.39 is 0 Å². The van der Waals surface area contributed by atoms with Crippen LogP contribution in [0.3, 0.4) is 0 Å². The highest BCUT2D eigenvalue weighted by atomic mass is 16.3. The summed E-state index contributed by atoms with van der Waals surface area (Å²) in [6, 6.07) is 20.5. The molecule has 2 aromatic rings. The quantitative estimate of drug-likeness (QED) is 0.759. The lowest BCUT2D eigenvalue weighted by Gasteiger charge is -2.22. The first-order valence-corrected chi connectivity index (χ1v) is 9.82. The molecule has 0 amide bonds. The third-order valence-electron chi connectivity index (χ3n) is 5.43. The van der Waals surface area contributed by atoms with Gasteiger partial charge >= 0.3 is 0 Å². The summed E-state index contributed by atoms with van der Waals surface area (Å²) in [5.74, 6) is 0. The van der Waals surface area contributed by atoms with Gasteiger partial charge < -0.3 is 10.2 Å². The molecule has 0 aromatic heterocycles. The van der Waals surface area contributed by atoms with E-state index in [1.54, 1.807) is 0 Å². The zero-order valence-corrected chi connectivity index (χ0v) is 16.5. The van der Waals surface area contributed by atoms with Gasteiger partial charge in [-0.05, 0) is 57.1 Å². The SMILES string of the molecule is CC1=CC=C(CO)C(CO)=C2C(c3ccccc3)=CC=CC(c3ccccc3)=C12. The number of hydrogen-bond acceptors (Lipinski definition) is 2. The molecule has 0 atom stereocenters. The fourth-order valence-corrected chi connectivity index (χ4v) is 4.01. The lowest BCUT2D eigenvalue weighted by atomic mass is 9.82. The van der Waals surface area contributed by atoms with Gasteiger partial charge in [0.2, 0.25) is 0 Å². The second-order valence-corrected chi connectivity index (χ2v) is 7.17. The Morgan fingerprint density at radius 2 is 1.34 bits per heavy atom. The molecule has 0 saturated heterocycles. The third kappa shape index (κ3) is 3.61. The van der Waals surface area contributed by atoms with Crippen molar-refractivity contribution in [1.29, 1.82) is 0 Å². The smallest absolute Gasteiger partial charge is 0.0691 e. The number of fused-ring (bicyclic) bond motifs is 1. The molecule has 0 unspecified atom stereocenters. The van der Waals surface area contributed by atoms with Gasteiger partial charge in [0.05, 0.1) is 13.2 Å². The number of aliphatic hydroxyl groups excluding tert-OH is 2. The van der Waals surface area contributed by atoms with E-state index in [1.165, 1.54) is 0 Å². The van der Waals surface area contributed by atoms with Crippen LogP contribution in [0.15, 0.2) is 119 Å². The minimum Gasteiger partial charge on any atom is -0.392 e. The van der Waals surface area contributed by atoms with Crippen LogP contribution < -0.4 is 0 Å². The summed E-state index contributed by atoms with van der Waals surface area (Å²) >= 11 is 0. The van der Waals surface area contributed by atoms with Crippen LogP contribution in [-0.2, 0) is 0 Å². The molecule has 2 aromatic carbocycles. The Morgan fingerprint density at radius 1 is 0.690 bits per heavy atom. The van der Waals surface area contributed by atoms with Gasteiger partial charge in [-0.25, -0.2) is 0 Å². The Kier molecular flexibility index (Phi) is 5.57. The van der Waals surface area contributed by atoms with Crippen molar-refractivity contribution in [3.05, 3.63) is 130 Å². The van der Waals surface area contributed by atoms with Gasteiger partial charge in [-0.3, -0.25) is 0 Å². The van der Waals surface area contributed by atoms with Crippen LogP contribution in [0.5, 0.6) is 0 Å². The van der Waals surface area contributed by atoms with Gasteiger partial charge in [0.15, 0.2) is 0 Å². The number of benzene rings is 2. The number of allylic oxidation sites excluding steroid dienone is 10. The first-order chi connectivity index (χ1) is 14.2. The van der Waals surface area contributed by atoms with E-state index in [2.05, 4.69) is 49.4 Å². The molecule has 29 heavy (non-hydrogen) atoms. The van der Waals surface area contributed by atoms with Crippen molar-refractivity contribution in [1.82, 2.24) is 0 Å².